The first-order valence-electron chi connectivity index (χ1n) is 23.7. The Morgan fingerprint density at radius 3 is 0.721 bits per heavy atom. The molecule has 11 rings (SSSR count). The van der Waals surface area contributed by atoms with Gasteiger partial charge in [-0.25, -0.2) is 0 Å². The van der Waals surface area contributed by atoms with Crippen molar-refractivity contribution in [2.45, 2.75) is 25.7 Å². The molecule has 1 aromatic heterocycles. The lowest BCUT2D eigenvalue weighted by atomic mass is 10.0. The van der Waals surface area contributed by atoms with Crippen molar-refractivity contribution in [2.24, 2.45) is 7.05 Å². The molecular formula is C65H53N3. The third-order valence-electron chi connectivity index (χ3n) is 13.3. The van der Waals surface area contributed by atoms with Crippen molar-refractivity contribution in [3.05, 3.63) is 299 Å². The van der Waals surface area contributed by atoms with Crippen molar-refractivity contribution in [3.8, 4) is 0 Å². The highest BCUT2D eigenvalue weighted by atomic mass is 15.1. The number of nitrogens with zero attached hydrogens (tertiary/aromatic N) is 3. The number of aryl methyl sites for hydroxylation is 1. The molecule has 10 aromatic carbocycles. The summed E-state index contributed by atoms with van der Waals surface area (Å²) in [7, 11) is 2.19. The molecule has 0 saturated carbocycles. The molecular weight excluding hydrogens is 823 g/mol. The van der Waals surface area contributed by atoms with E-state index in [0.717, 1.165) is 59.8 Å². The number of benzene rings is 10. The molecule has 0 N–H and O–H groups in total. The average Bonchev–Trinajstić information content (AvgIpc) is 3.67. The lowest BCUT2D eigenvalue weighted by Crippen LogP contribution is -2.10. The summed E-state index contributed by atoms with van der Waals surface area (Å²) in [5.74, 6) is 0. The van der Waals surface area contributed by atoms with Crippen molar-refractivity contribution in [2.75, 3.05) is 9.80 Å². The van der Waals surface area contributed by atoms with Gasteiger partial charge in [0, 0.05) is 63.0 Å². The highest BCUT2D eigenvalue weighted by molar-refractivity contribution is 6.11. The van der Waals surface area contributed by atoms with Crippen LogP contribution in [-0.4, -0.2) is 4.57 Å². The molecule has 0 radical (unpaired) electrons. The van der Waals surface area contributed by atoms with Crippen molar-refractivity contribution in [3.63, 3.8) is 0 Å². The van der Waals surface area contributed by atoms with Crippen LogP contribution in [0.15, 0.2) is 255 Å². The topological polar surface area (TPSA) is 11.4 Å². The SMILES string of the molecule is Cn1c2ccc(N(c3ccc(Cc4ccccc4)cc3)c3ccc(Cc4ccccc4)cc3)cc2c2cc(N(c3ccc(Cc4ccccc4)cc3)c3ccc(Cc4ccccc4)cc3)ccc21. The summed E-state index contributed by atoms with van der Waals surface area (Å²) in [6.45, 7) is 0. The van der Waals surface area contributed by atoms with Gasteiger partial charge in [-0.1, -0.05) is 170 Å². The van der Waals surface area contributed by atoms with Gasteiger partial charge in [-0.2, -0.15) is 0 Å². The largest absolute Gasteiger partial charge is 0.344 e. The number of fused-ring (bicyclic) bond motifs is 3. The molecule has 0 aliphatic carbocycles. The van der Waals surface area contributed by atoms with Crippen LogP contribution in [0.25, 0.3) is 21.8 Å². The minimum Gasteiger partial charge on any atom is -0.344 e. The molecule has 11 aromatic rings. The fourth-order valence-corrected chi connectivity index (χ4v) is 9.74. The molecule has 0 aliphatic heterocycles. The second-order valence-electron chi connectivity index (χ2n) is 17.9. The zero-order valence-electron chi connectivity index (χ0n) is 38.4. The van der Waals surface area contributed by atoms with Gasteiger partial charge < -0.3 is 14.4 Å². The van der Waals surface area contributed by atoms with E-state index in [2.05, 4.69) is 276 Å². The van der Waals surface area contributed by atoms with Crippen molar-refractivity contribution >= 4 is 55.9 Å². The van der Waals surface area contributed by atoms with Gasteiger partial charge in [0.05, 0.1) is 0 Å². The number of hydrogen-bond acceptors (Lipinski definition) is 2. The molecule has 0 atom stereocenters. The fourth-order valence-electron chi connectivity index (χ4n) is 9.74. The smallest absolute Gasteiger partial charge is 0.0490 e. The van der Waals surface area contributed by atoms with E-state index in [4.69, 9.17) is 0 Å². The molecule has 0 aliphatic rings. The molecule has 0 saturated heterocycles. The average molecular weight is 876 g/mol. The maximum atomic E-state index is 2.40. The predicted molar refractivity (Wildman–Crippen MR) is 287 cm³/mol. The highest BCUT2D eigenvalue weighted by Crippen LogP contribution is 2.42. The monoisotopic (exact) mass is 875 g/mol. The number of hydrogen-bond donors (Lipinski definition) is 0. The highest BCUT2D eigenvalue weighted by Gasteiger charge is 2.19. The summed E-state index contributed by atoms with van der Waals surface area (Å²) in [6, 6.07) is 93.2. The second kappa shape index (κ2) is 19.2. The van der Waals surface area contributed by atoms with Crippen LogP contribution in [-0.2, 0) is 32.7 Å². The van der Waals surface area contributed by atoms with E-state index in [9.17, 15) is 0 Å². The molecule has 0 unspecified atom stereocenters. The van der Waals surface area contributed by atoms with Crippen molar-refractivity contribution < 1.29 is 0 Å². The first-order chi connectivity index (χ1) is 33.6. The quantitative estimate of drug-likeness (QED) is 0.108. The van der Waals surface area contributed by atoms with E-state index in [0.29, 0.717) is 0 Å². The standard InChI is InChI=1S/C65H53N3/c1-66-64-40-38-60(67(56-30-22-52(23-31-56)42-48-14-6-2-7-15-48)57-32-24-53(25-33-57)43-49-16-8-3-9-17-49)46-62(64)63-47-61(39-41-65(63)66)68(58-34-26-54(27-35-58)44-50-18-10-4-11-19-50)59-36-28-55(29-37-59)45-51-20-12-5-13-21-51/h2-41,46-47H,42-45H2,1H3. The summed E-state index contributed by atoms with van der Waals surface area (Å²) in [5.41, 5.74) is 19.5. The van der Waals surface area contributed by atoms with Gasteiger partial charge >= 0.3 is 0 Å². The molecule has 3 nitrogen and oxygen atoms in total. The van der Waals surface area contributed by atoms with E-state index >= 15 is 0 Å². The van der Waals surface area contributed by atoms with E-state index in [1.165, 1.54) is 66.3 Å². The van der Waals surface area contributed by atoms with Crippen LogP contribution in [0, 0.1) is 0 Å². The van der Waals surface area contributed by atoms with E-state index in [1.807, 2.05) is 0 Å². The van der Waals surface area contributed by atoms with Gasteiger partial charge in [0.2, 0.25) is 0 Å². The molecule has 68 heavy (non-hydrogen) atoms. The van der Waals surface area contributed by atoms with Crippen LogP contribution in [0.2, 0.25) is 0 Å². The third-order valence-corrected chi connectivity index (χ3v) is 13.3. The maximum Gasteiger partial charge on any atom is 0.0490 e. The summed E-state index contributed by atoms with van der Waals surface area (Å²) in [4.78, 5) is 4.81. The Kier molecular flexibility index (Phi) is 11.9. The predicted octanol–water partition coefficient (Wildman–Crippen LogP) is 16.6. The van der Waals surface area contributed by atoms with Crippen LogP contribution in [0.1, 0.15) is 44.5 Å². The molecule has 1 heterocycles. The van der Waals surface area contributed by atoms with Gasteiger partial charge in [0.25, 0.3) is 0 Å². The van der Waals surface area contributed by atoms with Crippen molar-refractivity contribution in [1.29, 1.82) is 0 Å². The Labute approximate surface area is 400 Å². The summed E-state index contributed by atoms with van der Waals surface area (Å²) < 4.78 is 2.33. The van der Waals surface area contributed by atoms with Crippen LogP contribution in [0.4, 0.5) is 34.1 Å². The lowest BCUT2D eigenvalue weighted by molar-refractivity contribution is 1.01. The minimum absolute atomic E-state index is 0.895. The Balaban J connectivity index is 0.988. The van der Waals surface area contributed by atoms with Gasteiger partial charge in [-0.15, -0.1) is 0 Å². The Bertz CT molecular complexity index is 3000. The zero-order chi connectivity index (χ0) is 45.7. The van der Waals surface area contributed by atoms with Crippen LogP contribution in [0.3, 0.4) is 0 Å². The van der Waals surface area contributed by atoms with E-state index < -0.39 is 0 Å². The van der Waals surface area contributed by atoms with Gasteiger partial charge in [-0.3, -0.25) is 0 Å². The van der Waals surface area contributed by atoms with Gasteiger partial charge in [0.1, 0.15) is 0 Å². The summed E-state index contributed by atoms with van der Waals surface area (Å²) >= 11 is 0. The lowest BCUT2D eigenvalue weighted by Gasteiger charge is -2.26. The van der Waals surface area contributed by atoms with Gasteiger partial charge in [0.15, 0.2) is 0 Å². The number of anilines is 6. The molecule has 0 spiro atoms. The fraction of sp³-hybridized carbons (Fsp3) is 0.0769. The van der Waals surface area contributed by atoms with Crippen LogP contribution >= 0.6 is 0 Å². The molecule has 328 valence electrons. The van der Waals surface area contributed by atoms with Crippen molar-refractivity contribution in [1.82, 2.24) is 4.57 Å². The number of aromatic nitrogens is 1. The maximum absolute atomic E-state index is 2.40. The summed E-state index contributed by atoms with van der Waals surface area (Å²) in [6.07, 6.45) is 3.58. The first kappa shape index (κ1) is 42.2. The number of rotatable bonds is 14. The normalized spacial score (nSPS) is 11.2. The molecule has 0 bridgehead atoms. The molecule has 3 heteroatoms. The summed E-state index contributed by atoms with van der Waals surface area (Å²) in [5, 5.41) is 2.43. The minimum atomic E-state index is 0.895. The second-order valence-corrected chi connectivity index (χ2v) is 17.9. The van der Waals surface area contributed by atoms with E-state index in [-0.39, 0.29) is 0 Å². The Morgan fingerprint density at radius 1 is 0.250 bits per heavy atom. The third kappa shape index (κ3) is 9.20. The Morgan fingerprint density at radius 2 is 0.471 bits per heavy atom. The van der Waals surface area contributed by atoms with E-state index in [1.54, 1.807) is 0 Å². The first-order valence-corrected chi connectivity index (χ1v) is 23.7. The molecule has 0 fully saturated rings. The van der Waals surface area contributed by atoms with Crippen LogP contribution in [0.5, 0.6) is 0 Å². The Hall–Kier alpha value is -8.40. The molecule has 0 amide bonds. The zero-order valence-corrected chi connectivity index (χ0v) is 38.4. The van der Waals surface area contributed by atoms with Crippen LogP contribution < -0.4 is 9.80 Å². The van der Waals surface area contributed by atoms with Gasteiger partial charge in [-0.05, 0) is 155 Å².